The summed E-state index contributed by atoms with van der Waals surface area (Å²) in [4.78, 5) is 15.9. The lowest BCUT2D eigenvalue weighted by Crippen LogP contribution is -2.20. The number of nitrogens with one attached hydrogen (secondary N) is 1. The molecule has 1 unspecified atom stereocenters. The minimum Gasteiger partial charge on any atom is -0.462 e. The van der Waals surface area contributed by atoms with Crippen molar-refractivity contribution < 1.29 is 14.3 Å². The number of carbonyl (C=O) groups is 1. The van der Waals surface area contributed by atoms with Crippen molar-refractivity contribution in [3.05, 3.63) is 23.9 Å². The Kier molecular flexibility index (Phi) is 4.52. The maximum absolute atomic E-state index is 11.7. The molecular formula is C13H18N2O3. The SMILES string of the molecule is CCOC(=O)c1cccnc1NCC1CCCO1. The number of nitrogens with zero attached hydrogens (tertiary/aromatic N) is 1. The molecule has 0 spiro atoms. The van der Waals surface area contributed by atoms with Gasteiger partial charge >= 0.3 is 5.97 Å². The third-order valence-electron chi connectivity index (χ3n) is 2.82. The highest BCUT2D eigenvalue weighted by atomic mass is 16.5. The van der Waals surface area contributed by atoms with Gasteiger partial charge in [-0.2, -0.15) is 0 Å². The molecule has 1 aliphatic rings. The predicted molar refractivity (Wildman–Crippen MR) is 67.7 cm³/mol. The lowest BCUT2D eigenvalue weighted by molar-refractivity contribution is 0.0527. The molecule has 0 radical (unpaired) electrons. The summed E-state index contributed by atoms with van der Waals surface area (Å²) in [5, 5.41) is 3.16. The van der Waals surface area contributed by atoms with Crippen LogP contribution in [0.2, 0.25) is 0 Å². The molecule has 0 amide bonds. The van der Waals surface area contributed by atoms with Gasteiger partial charge in [0.25, 0.3) is 0 Å². The monoisotopic (exact) mass is 250 g/mol. The lowest BCUT2D eigenvalue weighted by atomic mass is 10.2. The highest BCUT2D eigenvalue weighted by molar-refractivity contribution is 5.94. The Labute approximate surface area is 107 Å². The van der Waals surface area contributed by atoms with Gasteiger partial charge < -0.3 is 14.8 Å². The zero-order chi connectivity index (χ0) is 12.8. The number of hydrogen-bond donors (Lipinski definition) is 1. The third kappa shape index (κ3) is 3.20. The fourth-order valence-electron chi connectivity index (χ4n) is 1.94. The Morgan fingerprint density at radius 3 is 3.28 bits per heavy atom. The van der Waals surface area contributed by atoms with Crippen molar-refractivity contribution >= 4 is 11.8 Å². The largest absolute Gasteiger partial charge is 0.462 e. The minimum absolute atomic E-state index is 0.210. The maximum Gasteiger partial charge on any atom is 0.341 e. The molecule has 1 aromatic rings. The van der Waals surface area contributed by atoms with E-state index < -0.39 is 0 Å². The van der Waals surface area contributed by atoms with E-state index >= 15 is 0 Å². The molecule has 0 aliphatic carbocycles. The molecule has 0 bridgehead atoms. The molecule has 2 rings (SSSR count). The van der Waals surface area contributed by atoms with Gasteiger partial charge in [-0.05, 0) is 31.9 Å². The Hall–Kier alpha value is -1.62. The molecular weight excluding hydrogens is 232 g/mol. The van der Waals surface area contributed by atoms with E-state index in [0.29, 0.717) is 24.5 Å². The quantitative estimate of drug-likeness (QED) is 0.808. The molecule has 98 valence electrons. The molecule has 2 heterocycles. The molecule has 1 fully saturated rings. The van der Waals surface area contributed by atoms with Gasteiger partial charge in [0.05, 0.1) is 12.7 Å². The van der Waals surface area contributed by atoms with Crippen LogP contribution in [-0.4, -0.2) is 36.8 Å². The van der Waals surface area contributed by atoms with E-state index in [0.717, 1.165) is 19.4 Å². The average molecular weight is 250 g/mol. The van der Waals surface area contributed by atoms with Crippen LogP contribution in [0.4, 0.5) is 5.82 Å². The summed E-state index contributed by atoms with van der Waals surface area (Å²) in [6.45, 7) is 3.63. The summed E-state index contributed by atoms with van der Waals surface area (Å²) < 4.78 is 10.5. The van der Waals surface area contributed by atoms with Crippen molar-refractivity contribution in [2.45, 2.75) is 25.9 Å². The van der Waals surface area contributed by atoms with Crippen LogP contribution in [0.3, 0.4) is 0 Å². The van der Waals surface area contributed by atoms with E-state index in [4.69, 9.17) is 9.47 Å². The highest BCUT2D eigenvalue weighted by Crippen LogP contribution is 2.16. The number of pyridine rings is 1. The first kappa shape index (κ1) is 12.8. The van der Waals surface area contributed by atoms with Crippen molar-refractivity contribution in [1.82, 2.24) is 4.98 Å². The Bertz CT molecular complexity index is 403. The molecule has 0 aromatic carbocycles. The lowest BCUT2D eigenvalue weighted by Gasteiger charge is -2.13. The summed E-state index contributed by atoms with van der Waals surface area (Å²) in [6, 6.07) is 3.44. The molecule has 5 heteroatoms. The topological polar surface area (TPSA) is 60.5 Å². The van der Waals surface area contributed by atoms with Crippen LogP contribution in [0.5, 0.6) is 0 Å². The molecule has 1 atom stereocenters. The molecule has 1 N–H and O–H groups in total. The average Bonchev–Trinajstić information content (AvgIpc) is 2.90. The van der Waals surface area contributed by atoms with E-state index in [9.17, 15) is 4.79 Å². The molecule has 1 aliphatic heterocycles. The fraction of sp³-hybridized carbons (Fsp3) is 0.538. The van der Waals surface area contributed by atoms with Crippen molar-refractivity contribution in [2.24, 2.45) is 0 Å². The van der Waals surface area contributed by atoms with E-state index in [1.54, 1.807) is 25.3 Å². The zero-order valence-corrected chi connectivity index (χ0v) is 10.5. The van der Waals surface area contributed by atoms with Crippen molar-refractivity contribution in [2.75, 3.05) is 25.1 Å². The van der Waals surface area contributed by atoms with Crippen molar-refractivity contribution in [3.63, 3.8) is 0 Å². The van der Waals surface area contributed by atoms with Crippen LogP contribution in [0.15, 0.2) is 18.3 Å². The smallest absolute Gasteiger partial charge is 0.341 e. The third-order valence-corrected chi connectivity index (χ3v) is 2.82. The first-order chi connectivity index (χ1) is 8.81. The van der Waals surface area contributed by atoms with Gasteiger partial charge in [-0.3, -0.25) is 0 Å². The second-order valence-corrected chi connectivity index (χ2v) is 4.14. The Balaban J connectivity index is 2.00. The zero-order valence-electron chi connectivity index (χ0n) is 10.5. The second kappa shape index (κ2) is 6.35. The highest BCUT2D eigenvalue weighted by Gasteiger charge is 2.17. The van der Waals surface area contributed by atoms with Crippen LogP contribution >= 0.6 is 0 Å². The first-order valence-corrected chi connectivity index (χ1v) is 6.29. The van der Waals surface area contributed by atoms with E-state index in [2.05, 4.69) is 10.3 Å². The Morgan fingerprint density at radius 2 is 2.56 bits per heavy atom. The Morgan fingerprint density at radius 1 is 1.67 bits per heavy atom. The number of aromatic nitrogens is 1. The number of esters is 1. The first-order valence-electron chi connectivity index (χ1n) is 6.29. The van der Waals surface area contributed by atoms with Gasteiger partial charge in [0.2, 0.25) is 0 Å². The van der Waals surface area contributed by atoms with Gasteiger partial charge in [-0.15, -0.1) is 0 Å². The van der Waals surface area contributed by atoms with Crippen molar-refractivity contribution in [3.8, 4) is 0 Å². The summed E-state index contributed by atoms with van der Waals surface area (Å²) in [7, 11) is 0. The van der Waals surface area contributed by atoms with Gasteiger partial charge in [-0.1, -0.05) is 0 Å². The second-order valence-electron chi connectivity index (χ2n) is 4.14. The number of carbonyl (C=O) groups excluding carboxylic acids is 1. The summed E-state index contributed by atoms with van der Waals surface area (Å²) in [6.07, 6.45) is 4.01. The standard InChI is InChI=1S/C13H18N2O3/c1-2-17-13(16)11-6-3-7-14-12(11)15-9-10-5-4-8-18-10/h3,6-7,10H,2,4-5,8-9H2,1H3,(H,14,15). The number of anilines is 1. The van der Waals surface area contributed by atoms with Crippen LogP contribution in [0.1, 0.15) is 30.1 Å². The van der Waals surface area contributed by atoms with Gasteiger partial charge in [0, 0.05) is 19.3 Å². The van der Waals surface area contributed by atoms with Gasteiger partial charge in [0.15, 0.2) is 0 Å². The van der Waals surface area contributed by atoms with Gasteiger partial charge in [-0.25, -0.2) is 9.78 Å². The normalized spacial score (nSPS) is 18.6. The predicted octanol–water partition coefficient (Wildman–Crippen LogP) is 1.85. The fourth-order valence-corrected chi connectivity index (χ4v) is 1.94. The molecule has 0 saturated carbocycles. The number of rotatable bonds is 5. The van der Waals surface area contributed by atoms with E-state index in [1.165, 1.54) is 0 Å². The maximum atomic E-state index is 11.7. The molecule has 18 heavy (non-hydrogen) atoms. The van der Waals surface area contributed by atoms with E-state index in [1.807, 2.05) is 0 Å². The molecule has 1 aromatic heterocycles. The van der Waals surface area contributed by atoms with Crippen LogP contribution in [0, 0.1) is 0 Å². The molecule has 5 nitrogen and oxygen atoms in total. The summed E-state index contributed by atoms with van der Waals surface area (Å²) in [5.41, 5.74) is 0.470. The number of ether oxygens (including phenoxy) is 2. The van der Waals surface area contributed by atoms with E-state index in [-0.39, 0.29) is 12.1 Å². The molecule has 1 saturated heterocycles. The van der Waals surface area contributed by atoms with Crippen LogP contribution in [-0.2, 0) is 9.47 Å². The van der Waals surface area contributed by atoms with Gasteiger partial charge in [0.1, 0.15) is 11.4 Å². The summed E-state index contributed by atoms with van der Waals surface area (Å²) >= 11 is 0. The number of hydrogen-bond acceptors (Lipinski definition) is 5. The van der Waals surface area contributed by atoms with Crippen molar-refractivity contribution in [1.29, 1.82) is 0 Å². The van der Waals surface area contributed by atoms with Crippen LogP contribution < -0.4 is 5.32 Å². The minimum atomic E-state index is -0.347. The summed E-state index contributed by atoms with van der Waals surface area (Å²) in [5.74, 6) is 0.215. The van der Waals surface area contributed by atoms with Crippen LogP contribution in [0.25, 0.3) is 0 Å².